The van der Waals surface area contributed by atoms with Gasteiger partial charge in [0.2, 0.25) is 0 Å². The van der Waals surface area contributed by atoms with Crippen LogP contribution in [-0.4, -0.2) is 10.5 Å². The first-order valence-electron chi connectivity index (χ1n) is 4.91. The predicted molar refractivity (Wildman–Crippen MR) is 62.8 cm³/mol. The van der Waals surface area contributed by atoms with Crippen molar-refractivity contribution in [3.8, 4) is 12.3 Å². The van der Waals surface area contributed by atoms with Gasteiger partial charge in [0, 0.05) is 18.2 Å². The first-order valence-corrected chi connectivity index (χ1v) is 4.91. The lowest BCUT2D eigenvalue weighted by molar-refractivity contribution is -0.385. The van der Waals surface area contributed by atoms with Crippen LogP contribution in [0.5, 0.6) is 0 Å². The van der Waals surface area contributed by atoms with Gasteiger partial charge in [-0.15, -0.1) is 6.42 Å². The van der Waals surface area contributed by atoms with Gasteiger partial charge in [-0.05, 0) is 13.8 Å². The normalized spacial score (nSPS) is 10.8. The maximum absolute atomic E-state index is 10.8. The minimum Gasteiger partial charge on any atom is -0.297 e. The average Bonchev–Trinajstić information content (AvgIpc) is 2.27. The first kappa shape index (κ1) is 12.2. The number of hydrogen-bond donors (Lipinski definition) is 1. The molecule has 1 aromatic rings. The summed E-state index contributed by atoms with van der Waals surface area (Å²) >= 11 is 0. The van der Waals surface area contributed by atoms with Gasteiger partial charge in [0.15, 0.2) is 0 Å². The monoisotopic (exact) mass is 218 g/mol. The van der Waals surface area contributed by atoms with E-state index < -0.39 is 5.54 Å². The summed E-state index contributed by atoms with van der Waals surface area (Å²) in [5.41, 5.74) is 0.280. The summed E-state index contributed by atoms with van der Waals surface area (Å²) in [6, 6.07) is 6.62. The van der Waals surface area contributed by atoms with E-state index in [1.54, 1.807) is 18.2 Å². The van der Waals surface area contributed by atoms with Crippen LogP contribution in [0.25, 0.3) is 0 Å². The van der Waals surface area contributed by atoms with Crippen molar-refractivity contribution in [2.24, 2.45) is 0 Å². The lowest BCUT2D eigenvalue weighted by atomic mass is 10.1. The molecule has 0 aliphatic heterocycles. The molecule has 1 aromatic carbocycles. The molecule has 4 heteroatoms. The Hall–Kier alpha value is -1.86. The van der Waals surface area contributed by atoms with Crippen LogP contribution < -0.4 is 5.32 Å². The third kappa shape index (κ3) is 3.07. The van der Waals surface area contributed by atoms with E-state index in [0.717, 1.165) is 0 Å². The van der Waals surface area contributed by atoms with Crippen molar-refractivity contribution >= 4 is 5.69 Å². The molecule has 1 rings (SSSR count). The minimum atomic E-state index is -0.469. The van der Waals surface area contributed by atoms with E-state index in [2.05, 4.69) is 11.2 Å². The molecule has 0 aliphatic rings. The second-order valence-corrected chi connectivity index (χ2v) is 4.01. The Labute approximate surface area is 94.8 Å². The van der Waals surface area contributed by atoms with Crippen LogP contribution in [-0.2, 0) is 6.54 Å². The third-order valence-electron chi connectivity index (χ3n) is 2.27. The smallest absolute Gasteiger partial charge is 0.273 e. The van der Waals surface area contributed by atoms with E-state index in [1.807, 2.05) is 13.8 Å². The van der Waals surface area contributed by atoms with E-state index in [1.165, 1.54) is 6.07 Å². The zero-order chi connectivity index (χ0) is 12.2. The summed E-state index contributed by atoms with van der Waals surface area (Å²) in [4.78, 5) is 10.4. The Morgan fingerprint density at radius 2 is 2.12 bits per heavy atom. The van der Waals surface area contributed by atoms with E-state index in [-0.39, 0.29) is 10.6 Å². The van der Waals surface area contributed by atoms with Gasteiger partial charge in [-0.25, -0.2) is 0 Å². The van der Waals surface area contributed by atoms with Gasteiger partial charge in [0.05, 0.1) is 10.5 Å². The largest absolute Gasteiger partial charge is 0.297 e. The molecule has 0 saturated heterocycles. The quantitative estimate of drug-likeness (QED) is 0.478. The molecule has 16 heavy (non-hydrogen) atoms. The molecule has 0 heterocycles. The lowest BCUT2D eigenvalue weighted by Gasteiger charge is -2.19. The van der Waals surface area contributed by atoms with Crippen LogP contribution in [0.15, 0.2) is 24.3 Å². The van der Waals surface area contributed by atoms with Crippen LogP contribution in [0, 0.1) is 22.5 Å². The Bertz CT molecular complexity index is 433. The highest BCUT2D eigenvalue weighted by molar-refractivity contribution is 5.39. The molecule has 0 aromatic heterocycles. The molecular formula is C12H14N2O2. The maximum Gasteiger partial charge on any atom is 0.273 e. The van der Waals surface area contributed by atoms with Crippen molar-refractivity contribution in [3.05, 3.63) is 39.9 Å². The molecule has 0 aliphatic carbocycles. The van der Waals surface area contributed by atoms with Gasteiger partial charge >= 0.3 is 0 Å². The molecule has 4 nitrogen and oxygen atoms in total. The van der Waals surface area contributed by atoms with Crippen molar-refractivity contribution in [3.63, 3.8) is 0 Å². The number of rotatable bonds is 4. The Morgan fingerprint density at radius 1 is 1.50 bits per heavy atom. The maximum atomic E-state index is 10.8. The molecule has 0 bridgehead atoms. The molecule has 0 spiro atoms. The van der Waals surface area contributed by atoms with Crippen LogP contribution in [0.1, 0.15) is 19.4 Å². The molecule has 1 N–H and O–H groups in total. The number of terminal acetylenes is 1. The van der Waals surface area contributed by atoms with E-state index in [9.17, 15) is 10.1 Å². The fourth-order valence-electron chi connectivity index (χ4n) is 1.21. The minimum absolute atomic E-state index is 0.114. The second-order valence-electron chi connectivity index (χ2n) is 4.01. The van der Waals surface area contributed by atoms with Gasteiger partial charge < -0.3 is 0 Å². The van der Waals surface area contributed by atoms with Crippen molar-refractivity contribution in [1.29, 1.82) is 0 Å². The first-order chi connectivity index (χ1) is 7.46. The summed E-state index contributed by atoms with van der Waals surface area (Å²) in [5, 5.41) is 13.8. The molecule has 84 valence electrons. The summed E-state index contributed by atoms with van der Waals surface area (Å²) in [6.07, 6.45) is 5.32. The van der Waals surface area contributed by atoms with Crippen LogP contribution in [0.4, 0.5) is 5.69 Å². The highest BCUT2D eigenvalue weighted by atomic mass is 16.6. The number of hydrogen-bond acceptors (Lipinski definition) is 3. The van der Waals surface area contributed by atoms with Crippen LogP contribution >= 0.6 is 0 Å². The number of benzene rings is 1. The zero-order valence-corrected chi connectivity index (χ0v) is 9.36. The van der Waals surface area contributed by atoms with Crippen molar-refractivity contribution < 1.29 is 4.92 Å². The second kappa shape index (κ2) is 4.77. The highest BCUT2D eigenvalue weighted by Crippen LogP contribution is 2.18. The van der Waals surface area contributed by atoms with E-state index in [4.69, 9.17) is 6.42 Å². The predicted octanol–water partition coefficient (Wildman–Crippen LogP) is 2.10. The summed E-state index contributed by atoms with van der Waals surface area (Å²) < 4.78 is 0. The summed E-state index contributed by atoms with van der Waals surface area (Å²) in [5.74, 6) is 2.58. The van der Waals surface area contributed by atoms with Gasteiger partial charge in [0.25, 0.3) is 5.69 Å². The van der Waals surface area contributed by atoms with Crippen molar-refractivity contribution in [2.75, 3.05) is 0 Å². The molecule has 0 radical (unpaired) electrons. The molecule has 0 unspecified atom stereocenters. The van der Waals surface area contributed by atoms with Crippen LogP contribution in [0.3, 0.4) is 0 Å². The summed E-state index contributed by atoms with van der Waals surface area (Å²) in [7, 11) is 0. The Kier molecular flexibility index (Phi) is 3.64. The summed E-state index contributed by atoms with van der Waals surface area (Å²) in [6.45, 7) is 4.08. The van der Waals surface area contributed by atoms with Crippen LogP contribution in [0.2, 0.25) is 0 Å². The highest BCUT2D eigenvalue weighted by Gasteiger charge is 2.16. The SMILES string of the molecule is C#CC(C)(C)NCc1ccccc1[N+](=O)[O-]. The van der Waals surface area contributed by atoms with E-state index in [0.29, 0.717) is 12.1 Å². The van der Waals surface area contributed by atoms with Gasteiger partial charge in [-0.1, -0.05) is 24.1 Å². The van der Waals surface area contributed by atoms with Crippen molar-refractivity contribution in [1.82, 2.24) is 5.32 Å². The Balaban J connectivity index is 2.83. The number of para-hydroxylation sites is 1. The van der Waals surface area contributed by atoms with Gasteiger partial charge in [-0.2, -0.15) is 0 Å². The Morgan fingerprint density at radius 3 is 2.69 bits per heavy atom. The van der Waals surface area contributed by atoms with Gasteiger partial charge in [0.1, 0.15) is 0 Å². The topological polar surface area (TPSA) is 55.2 Å². The third-order valence-corrected chi connectivity index (χ3v) is 2.27. The number of nitrogens with one attached hydrogen (secondary N) is 1. The average molecular weight is 218 g/mol. The lowest BCUT2D eigenvalue weighted by Crippen LogP contribution is -2.37. The fraction of sp³-hybridized carbons (Fsp3) is 0.333. The van der Waals surface area contributed by atoms with Crippen molar-refractivity contribution in [2.45, 2.75) is 25.9 Å². The molecule has 0 fully saturated rings. The fourth-order valence-corrected chi connectivity index (χ4v) is 1.21. The molecule has 0 amide bonds. The number of nitro groups is 1. The van der Waals surface area contributed by atoms with E-state index >= 15 is 0 Å². The molecule has 0 atom stereocenters. The van der Waals surface area contributed by atoms with Gasteiger partial charge in [-0.3, -0.25) is 15.4 Å². The number of nitrogens with zero attached hydrogens (tertiary/aromatic N) is 1. The zero-order valence-electron chi connectivity index (χ0n) is 9.36. The molecule has 0 saturated carbocycles. The standard InChI is InChI=1S/C12H14N2O2/c1-4-12(2,3)13-9-10-7-5-6-8-11(10)14(15)16/h1,5-8,13H,9H2,2-3H3. The number of nitro benzene ring substituents is 1. The molecular weight excluding hydrogens is 204 g/mol.